The van der Waals surface area contributed by atoms with Crippen molar-refractivity contribution in [2.45, 2.75) is 19.8 Å². The summed E-state index contributed by atoms with van der Waals surface area (Å²) in [5, 5.41) is 21.2. The molecule has 5 nitrogen and oxygen atoms in total. The van der Waals surface area contributed by atoms with Crippen molar-refractivity contribution in [3.05, 3.63) is 137 Å². The Balaban J connectivity index is 1.68. The normalized spacial score (nSPS) is 10.7. The molecule has 0 atom stereocenters. The number of para-hydroxylation sites is 1. The molecule has 6 rings (SSSR count). The van der Waals surface area contributed by atoms with E-state index in [0.717, 1.165) is 49.7 Å². The lowest BCUT2D eigenvalue weighted by molar-refractivity contribution is 0.854. The van der Waals surface area contributed by atoms with E-state index in [2.05, 4.69) is 88.8 Å². The Labute approximate surface area is 244 Å². The molecule has 42 heavy (non-hydrogen) atoms. The minimum absolute atomic E-state index is 0.314. The Kier molecular flexibility index (Phi) is 6.49. The average molecular weight is 538 g/mol. The van der Waals surface area contributed by atoms with Crippen molar-refractivity contribution in [3.8, 4) is 40.1 Å². The molecule has 0 saturated carbocycles. The molecule has 1 aromatic heterocycles. The van der Waals surface area contributed by atoms with Gasteiger partial charge in [-0.05, 0) is 100 Å². The maximum absolute atomic E-state index is 9.56. The third kappa shape index (κ3) is 4.43. The smallest absolute Gasteiger partial charge is 0.189 e. The van der Waals surface area contributed by atoms with Gasteiger partial charge in [0.1, 0.15) is 0 Å². The van der Waals surface area contributed by atoms with Gasteiger partial charge >= 0.3 is 0 Å². The van der Waals surface area contributed by atoms with Crippen LogP contribution in [0, 0.1) is 35.8 Å². The molecular weight excluding hydrogens is 514 g/mol. The second-order valence-corrected chi connectivity index (χ2v) is 10.5. The summed E-state index contributed by atoms with van der Waals surface area (Å²) in [6.45, 7) is 19.4. The highest BCUT2D eigenvalue weighted by molar-refractivity contribution is 6.11. The summed E-state index contributed by atoms with van der Waals surface area (Å²) in [4.78, 5) is 7.14. The summed E-state index contributed by atoms with van der Waals surface area (Å²) in [5.74, 6) is 0.314. The van der Waals surface area contributed by atoms with Crippen LogP contribution >= 0.6 is 0 Å². The van der Waals surface area contributed by atoms with Crippen LogP contribution in [-0.2, 0) is 0 Å². The van der Waals surface area contributed by atoms with E-state index in [4.69, 9.17) is 13.1 Å². The van der Waals surface area contributed by atoms with Gasteiger partial charge in [-0.25, -0.2) is 9.69 Å². The molecule has 1 heterocycles. The summed E-state index contributed by atoms with van der Waals surface area (Å²) in [7, 11) is 0. The van der Waals surface area contributed by atoms with Crippen molar-refractivity contribution in [2.24, 2.45) is 0 Å². The van der Waals surface area contributed by atoms with Gasteiger partial charge in [0.25, 0.3) is 0 Å². The van der Waals surface area contributed by atoms with Crippen molar-refractivity contribution in [3.63, 3.8) is 0 Å². The number of nitriles is 2. The van der Waals surface area contributed by atoms with Gasteiger partial charge in [-0.1, -0.05) is 44.2 Å². The number of fused-ring (bicyclic) bond motifs is 3. The van der Waals surface area contributed by atoms with Crippen LogP contribution in [0.4, 0.5) is 11.4 Å². The monoisotopic (exact) mass is 537 g/mol. The lowest BCUT2D eigenvalue weighted by Crippen LogP contribution is -2.01. The second kappa shape index (κ2) is 10.4. The molecule has 0 N–H and O–H groups in total. The molecule has 5 aromatic carbocycles. The van der Waals surface area contributed by atoms with E-state index >= 15 is 0 Å². The van der Waals surface area contributed by atoms with Crippen molar-refractivity contribution >= 4 is 33.2 Å². The van der Waals surface area contributed by atoms with E-state index in [1.807, 2.05) is 36.4 Å². The fourth-order valence-corrected chi connectivity index (χ4v) is 5.64. The molecule has 0 aliphatic heterocycles. The number of benzene rings is 5. The van der Waals surface area contributed by atoms with Crippen LogP contribution in [0.2, 0.25) is 0 Å². The largest absolute Gasteiger partial charge is 0.309 e. The first kappa shape index (κ1) is 26.1. The van der Waals surface area contributed by atoms with Crippen LogP contribution in [0.5, 0.6) is 0 Å². The summed E-state index contributed by atoms with van der Waals surface area (Å²) in [6.07, 6.45) is 0. The van der Waals surface area contributed by atoms with Crippen LogP contribution in [0.15, 0.2) is 97.1 Å². The molecule has 196 valence electrons. The van der Waals surface area contributed by atoms with Crippen LogP contribution in [-0.4, -0.2) is 4.57 Å². The van der Waals surface area contributed by atoms with Crippen molar-refractivity contribution in [1.29, 1.82) is 10.5 Å². The molecule has 0 saturated heterocycles. The third-order valence-electron chi connectivity index (χ3n) is 7.58. The van der Waals surface area contributed by atoms with E-state index < -0.39 is 0 Å². The summed E-state index contributed by atoms with van der Waals surface area (Å²) < 4.78 is 2.29. The van der Waals surface area contributed by atoms with E-state index in [1.54, 1.807) is 12.1 Å². The summed E-state index contributed by atoms with van der Waals surface area (Å²) >= 11 is 0. The predicted octanol–water partition coefficient (Wildman–Crippen LogP) is 10.1. The van der Waals surface area contributed by atoms with Gasteiger partial charge in [-0.3, -0.25) is 0 Å². The molecular formula is C37H23N5. The van der Waals surface area contributed by atoms with Gasteiger partial charge in [0.15, 0.2) is 11.4 Å². The molecule has 0 aliphatic carbocycles. The highest BCUT2D eigenvalue weighted by Crippen LogP contribution is 2.39. The molecule has 0 unspecified atom stereocenters. The summed E-state index contributed by atoms with van der Waals surface area (Å²) in [6, 6.07) is 35.8. The zero-order valence-electron chi connectivity index (χ0n) is 23.1. The van der Waals surface area contributed by atoms with Crippen LogP contribution in [0.25, 0.3) is 59.4 Å². The topological polar surface area (TPSA) is 61.2 Å². The Morgan fingerprint density at radius 2 is 1.12 bits per heavy atom. The number of rotatable bonds is 4. The SMILES string of the molecule is [C-]#[N+]c1cc(C#N)cc(-c2ccc3c(c2)c2cc(-c4cc(C#N)cc([N+]#[C-])c4)ccc2n3-c2ccccc2C(C)C)c1. The van der Waals surface area contributed by atoms with Gasteiger partial charge in [0.05, 0.1) is 36.3 Å². The Morgan fingerprint density at radius 1 is 0.619 bits per heavy atom. The third-order valence-corrected chi connectivity index (χ3v) is 7.58. The molecule has 0 spiro atoms. The first-order valence-corrected chi connectivity index (χ1v) is 13.5. The zero-order valence-corrected chi connectivity index (χ0v) is 23.1. The predicted molar refractivity (Wildman–Crippen MR) is 168 cm³/mol. The highest BCUT2D eigenvalue weighted by Gasteiger charge is 2.18. The fraction of sp³-hybridized carbons (Fsp3) is 0.0811. The van der Waals surface area contributed by atoms with E-state index in [9.17, 15) is 10.5 Å². The lowest BCUT2D eigenvalue weighted by atomic mass is 9.98. The molecule has 0 fully saturated rings. The van der Waals surface area contributed by atoms with Gasteiger partial charge in [-0.15, -0.1) is 0 Å². The van der Waals surface area contributed by atoms with Crippen molar-refractivity contribution in [2.75, 3.05) is 0 Å². The highest BCUT2D eigenvalue weighted by atomic mass is 15.0. The second-order valence-electron chi connectivity index (χ2n) is 10.5. The quantitative estimate of drug-likeness (QED) is 0.210. The minimum Gasteiger partial charge on any atom is -0.309 e. The molecule has 5 heteroatoms. The number of hydrogen-bond donors (Lipinski definition) is 0. The first-order valence-electron chi connectivity index (χ1n) is 13.5. The van der Waals surface area contributed by atoms with E-state index in [1.165, 1.54) is 5.56 Å². The van der Waals surface area contributed by atoms with Crippen LogP contribution < -0.4 is 0 Å². The van der Waals surface area contributed by atoms with Crippen molar-refractivity contribution in [1.82, 2.24) is 4.57 Å². The maximum Gasteiger partial charge on any atom is 0.189 e. The zero-order chi connectivity index (χ0) is 29.4. The van der Waals surface area contributed by atoms with E-state index in [-0.39, 0.29) is 0 Å². The molecule has 0 radical (unpaired) electrons. The Morgan fingerprint density at radius 3 is 1.57 bits per heavy atom. The average Bonchev–Trinajstić information content (AvgIpc) is 3.36. The van der Waals surface area contributed by atoms with Gasteiger partial charge in [0, 0.05) is 27.6 Å². The molecule has 0 bridgehead atoms. The van der Waals surface area contributed by atoms with Crippen LogP contribution in [0.3, 0.4) is 0 Å². The number of hydrogen-bond acceptors (Lipinski definition) is 2. The number of nitrogens with zero attached hydrogens (tertiary/aromatic N) is 5. The summed E-state index contributed by atoms with van der Waals surface area (Å²) in [5.41, 5.74) is 9.59. The molecule has 6 aromatic rings. The lowest BCUT2D eigenvalue weighted by Gasteiger charge is -2.16. The fourth-order valence-electron chi connectivity index (χ4n) is 5.64. The van der Waals surface area contributed by atoms with Gasteiger partial charge in [0.2, 0.25) is 0 Å². The van der Waals surface area contributed by atoms with Gasteiger partial charge < -0.3 is 4.57 Å². The van der Waals surface area contributed by atoms with Crippen LogP contribution in [0.1, 0.15) is 36.5 Å². The minimum atomic E-state index is 0.314. The maximum atomic E-state index is 9.56. The first-order chi connectivity index (χ1) is 20.4. The Hall–Kier alpha value is -6.14. The standard InChI is InChI=1S/C37H23N5/c1-23(2)32-7-5-6-8-35(32)42-36-11-9-26(28-13-24(21-38)15-30(17-28)40-3)19-33(36)34-20-27(10-12-37(34)42)29-14-25(22-39)16-31(18-29)41-4/h5-20,23H,1-2H3. The molecule has 0 aliphatic rings. The Bertz CT molecular complexity index is 2030. The number of aromatic nitrogens is 1. The van der Waals surface area contributed by atoms with Gasteiger partial charge in [-0.2, -0.15) is 10.5 Å². The molecule has 0 amide bonds. The van der Waals surface area contributed by atoms with Crippen molar-refractivity contribution < 1.29 is 0 Å². The van der Waals surface area contributed by atoms with E-state index in [0.29, 0.717) is 28.4 Å².